The molecule has 1 aliphatic rings. The number of nitrogens with zero attached hydrogens (tertiary/aromatic N) is 1. The first-order valence-electron chi connectivity index (χ1n) is 10.0. The quantitative estimate of drug-likeness (QED) is 0.557. The third-order valence-electron chi connectivity index (χ3n) is 5.47. The molecule has 0 atom stereocenters. The Labute approximate surface area is 191 Å². The van der Waals surface area contributed by atoms with Crippen LogP contribution in [0.15, 0.2) is 71.6 Å². The Morgan fingerprint density at radius 3 is 2.34 bits per heavy atom. The maximum absolute atomic E-state index is 13.3. The van der Waals surface area contributed by atoms with Crippen molar-refractivity contribution in [1.29, 1.82) is 0 Å². The van der Waals surface area contributed by atoms with Crippen LogP contribution in [0.1, 0.15) is 38.8 Å². The predicted octanol–water partition coefficient (Wildman–Crippen LogP) is 4.54. The van der Waals surface area contributed by atoms with Gasteiger partial charge < -0.3 is 5.32 Å². The Morgan fingerprint density at radius 1 is 0.969 bits per heavy atom. The molecule has 1 aliphatic heterocycles. The molecule has 0 spiro atoms. The molecule has 164 valence electrons. The van der Waals surface area contributed by atoms with Crippen LogP contribution in [-0.2, 0) is 23.0 Å². The minimum absolute atomic E-state index is 0.0124. The molecule has 1 heterocycles. The van der Waals surface area contributed by atoms with E-state index in [1.54, 1.807) is 24.3 Å². The van der Waals surface area contributed by atoms with Crippen LogP contribution in [0.5, 0.6) is 0 Å². The van der Waals surface area contributed by atoms with E-state index in [1.165, 1.54) is 29.4 Å². The van der Waals surface area contributed by atoms with Crippen molar-refractivity contribution in [1.82, 2.24) is 4.31 Å². The lowest BCUT2D eigenvalue weighted by atomic mass is 10.0. The summed E-state index contributed by atoms with van der Waals surface area (Å²) < 4.78 is 27.9. The highest BCUT2D eigenvalue weighted by Crippen LogP contribution is 2.28. The van der Waals surface area contributed by atoms with Crippen molar-refractivity contribution in [2.75, 3.05) is 11.9 Å². The zero-order valence-electron chi connectivity index (χ0n) is 17.3. The van der Waals surface area contributed by atoms with Gasteiger partial charge in [0.15, 0.2) is 5.78 Å². The molecule has 32 heavy (non-hydrogen) atoms. The second-order valence-corrected chi connectivity index (χ2v) is 9.93. The summed E-state index contributed by atoms with van der Waals surface area (Å²) in [6, 6.07) is 18.3. The highest BCUT2D eigenvalue weighted by atomic mass is 35.5. The van der Waals surface area contributed by atoms with E-state index in [9.17, 15) is 18.0 Å². The topological polar surface area (TPSA) is 83.5 Å². The van der Waals surface area contributed by atoms with Gasteiger partial charge in [-0.15, -0.1) is 0 Å². The van der Waals surface area contributed by atoms with Crippen molar-refractivity contribution < 1.29 is 18.0 Å². The second kappa shape index (κ2) is 8.86. The highest BCUT2D eigenvalue weighted by Gasteiger charge is 2.29. The van der Waals surface area contributed by atoms with E-state index in [0.29, 0.717) is 24.2 Å². The number of hydrogen-bond acceptors (Lipinski definition) is 4. The molecule has 1 amide bonds. The van der Waals surface area contributed by atoms with Crippen molar-refractivity contribution in [2.45, 2.75) is 24.8 Å². The number of Topliss-reactive ketones (excluding diaryl/α,β-unsaturated/α-hetero) is 1. The molecule has 0 saturated carbocycles. The minimum Gasteiger partial charge on any atom is -0.322 e. The average Bonchev–Trinajstić information content (AvgIpc) is 2.79. The standard InChI is InChI=1S/C24H21ClN2O4S/c1-16(28)17-6-8-20(9-7-17)26-24(29)22-14-21(10-11-23(22)25)32(30,31)27-13-12-18-4-2-3-5-19(18)15-27/h2-11,14H,12-13,15H2,1H3,(H,26,29). The third-order valence-corrected chi connectivity index (χ3v) is 7.64. The summed E-state index contributed by atoms with van der Waals surface area (Å²) >= 11 is 6.21. The van der Waals surface area contributed by atoms with E-state index in [2.05, 4.69) is 5.32 Å². The Hall–Kier alpha value is -3.00. The monoisotopic (exact) mass is 468 g/mol. The van der Waals surface area contributed by atoms with E-state index in [-0.39, 0.29) is 27.8 Å². The summed E-state index contributed by atoms with van der Waals surface area (Å²) in [5.41, 5.74) is 3.17. The summed E-state index contributed by atoms with van der Waals surface area (Å²) in [6.45, 7) is 2.11. The number of benzene rings is 3. The maximum Gasteiger partial charge on any atom is 0.257 e. The molecule has 3 aromatic carbocycles. The van der Waals surface area contributed by atoms with Gasteiger partial charge in [-0.25, -0.2) is 8.42 Å². The normalized spacial score (nSPS) is 13.9. The molecule has 4 rings (SSSR count). The number of carbonyl (C=O) groups excluding carboxylic acids is 2. The van der Waals surface area contributed by atoms with Gasteiger partial charge in [-0.3, -0.25) is 9.59 Å². The number of sulfonamides is 1. The largest absolute Gasteiger partial charge is 0.322 e. The fourth-order valence-electron chi connectivity index (χ4n) is 3.65. The molecule has 1 N–H and O–H groups in total. The molecule has 6 nitrogen and oxygen atoms in total. The Bertz CT molecular complexity index is 1300. The zero-order valence-corrected chi connectivity index (χ0v) is 18.9. The van der Waals surface area contributed by atoms with Crippen molar-refractivity contribution in [2.24, 2.45) is 0 Å². The number of carbonyl (C=O) groups is 2. The Kier molecular flexibility index (Phi) is 6.15. The fourth-order valence-corrected chi connectivity index (χ4v) is 5.30. The Balaban J connectivity index is 1.58. The van der Waals surface area contributed by atoms with E-state index in [1.807, 2.05) is 24.3 Å². The number of anilines is 1. The predicted molar refractivity (Wildman–Crippen MR) is 124 cm³/mol. The number of amides is 1. The SMILES string of the molecule is CC(=O)c1ccc(NC(=O)c2cc(S(=O)(=O)N3CCc4ccccc4C3)ccc2Cl)cc1. The van der Waals surface area contributed by atoms with Crippen LogP contribution in [0.25, 0.3) is 0 Å². The molecule has 0 radical (unpaired) electrons. The average molecular weight is 469 g/mol. The second-order valence-electron chi connectivity index (χ2n) is 7.59. The van der Waals surface area contributed by atoms with Crippen LogP contribution in [0, 0.1) is 0 Å². The van der Waals surface area contributed by atoms with Crippen molar-refractivity contribution in [3.8, 4) is 0 Å². The third kappa shape index (κ3) is 4.46. The smallest absolute Gasteiger partial charge is 0.257 e. The first-order valence-corrected chi connectivity index (χ1v) is 11.9. The van der Waals surface area contributed by atoms with Crippen LogP contribution < -0.4 is 5.32 Å². The number of halogens is 1. The number of fused-ring (bicyclic) bond motifs is 1. The number of hydrogen-bond donors (Lipinski definition) is 1. The molecule has 0 saturated heterocycles. The van der Waals surface area contributed by atoms with Gasteiger partial charge in [-0.1, -0.05) is 35.9 Å². The maximum atomic E-state index is 13.3. The lowest BCUT2D eigenvalue weighted by Gasteiger charge is -2.28. The van der Waals surface area contributed by atoms with E-state index in [0.717, 1.165) is 11.1 Å². The van der Waals surface area contributed by atoms with Gasteiger partial charge in [0.25, 0.3) is 5.91 Å². The van der Waals surface area contributed by atoms with Gasteiger partial charge in [0.2, 0.25) is 10.0 Å². The zero-order chi connectivity index (χ0) is 22.9. The van der Waals surface area contributed by atoms with Crippen LogP contribution in [0.2, 0.25) is 5.02 Å². The van der Waals surface area contributed by atoms with Gasteiger partial charge in [-0.2, -0.15) is 4.31 Å². The summed E-state index contributed by atoms with van der Waals surface area (Å²) in [5.74, 6) is -0.615. The summed E-state index contributed by atoms with van der Waals surface area (Å²) in [6.07, 6.45) is 0.632. The van der Waals surface area contributed by atoms with Gasteiger partial charge in [0, 0.05) is 24.3 Å². The molecule has 3 aromatic rings. The fraction of sp³-hybridized carbons (Fsp3) is 0.167. The number of rotatable bonds is 5. The molecule has 0 aromatic heterocycles. The minimum atomic E-state index is -3.81. The van der Waals surface area contributed by atoms with Crippen LogP contribution in [0.4, 0.5) is 5.69 Å². The molecule has 0 fully saturated rings. The number of nitrogens with one attached hydrogen (secondary N) is 1. The molecule has 0 bridgehead atoms. The first-order chi connectivity index (χ1) is 15.3. The van der Waals surface area contributed by atoms with Gasteiger partial charge in [0.1, 0.15) is 0 Å². The molecular weight excluding hydrogens is 448 g/mol. The summed E-state index contributed by atoms with van der Waals surface area (Å²) in [5, 5.41) is 2.84. The molecule has 0 unspecified atom stereocenters. The van der Waals surface area contributed by atoms with Crippen LogP contribution in [-0.4, -0.2) is 31.0 Å². The molecule has 8 heteroatoms. The summed E-state index contributed by atoms with van der Waals surface area (Å²) in [7, 11) is -3.81. The van der Waals surface area contributed by atoms with Gasteiger partial charge >= 0.3 is 0 Å². The number of ketones is 1. The van der Waals surface area contributed by atoms with Crippen molar-refractivity contribution >= 4 is 39.0 Å². The van der Waals surface area contributed by atoms with E-state index < -0.39 is 15.9 Å². The Morgan fingerprint density at radius 2 is 1.66 bits per heavy atom. The van der Waals surface area contributed by atoms with Crippen molar-refractivity contribution in [3.63, 3.8) is 0 Å². The summed E-state index contributed by atoms with van der Waals surface area (Å²) in [4.78, 5) is 24.2. The van der Waals surface area contributed by atoms with E-state index >= 15 is 0 Å². The van der Waals surface area contributed by atoms with Gasteiger partial charge in [-0.05, 0) is 66.9 Å². The van der Waals surface area contributed by atoms with E-state index in [4.69, 9.17) is 11.6 Å². The van der Waals surface area contributed by atoms with Gasteiger partial charge in [0.05, 0.1) is 15.5 Å². The van der Waals surface area contributed by atoms with Crippen LogP contribution in [0.3, 0.4) is 0 Å². The lowest BCUT2D eigenvalue weighted by Crippen LogP contribution is -2.36. The molecule has 0 aliphatic carbocycles. The highest BCUT2D eigenvalue weighted by molar-refractivity contribution is 7.89. The molecular formula is C24H21ClN2O4S. The van der Waals surface area contributed by atoms with Crippen molar-refractivity contribution in [3.05, 3.63) is 94.0 Å². The van der Waals surface area contributed by atoms with Crippen LogP contribution >= 0.6 is 11.6 Å². The first kappa shape index (κ1) is 22.2. The lowest BCUT2D eigenvalue weighted by molar-refractivity contribution is 0.101.